The second-order valence-corrected chi connectivity index (χ2v) is 5.67. The summed E-state index contributed by atoms with van der Waals surface area (Å²) in [6.45, 7) is 10.7. The van der Waals surface area contributed by atoms with E-state index >= 15 is 0 Å². The first-order valence-electron chi connectivity index (χ1n) is 6.37. The van der Waals surface area contributed by atoms with Gasteiger partial charge in [-0.25, -0.2) is 0 Å². The van der Waals surface area contributed by atoms with Crippen molar-refractivity contribution in [1.82, 2.24) is 0 Å². The Morgan fingerprint density at radius 2 is 1.88 bits per heavy atom. The lowest BCUT2D eigenvalue weighted by atomic mass is 9.85. The van der Waals surface area contributed by atoms with Crippen LogP contribution < -0.4 is 0 Å². The van der Waals surface area contributed by atoms with E-state index in [1.54, 1.807) is 0 Å². The molecule has 0 spiro atoms. The molecule has 1 N–H and O–H groups in total. The fraction of sp³-hybridized carbons (Fsp3) is 0.500. The van der Waals surface area contributed by atoms with Crippen LogP contribution in [0.5, 0.6) is 5.75 Å². The third-order valence-electron chi connectivity index (χ3n) is 2.95. The minimum atomic E-state index is 0.117. The van der Waals surface area contributed by atoms with Gasteiger partial charge in [0.05, 0.1) is 0 Å². The summed E-state index contributed by atoms with van der Waals surface area (Å²) < 4.78 is 0. The summed E-state index contributed by atoms with van der Waals surface area (Å²) in [5.41, 5.74) is 3.27. The van der Waals surface area contributed by atoms with Gasteiger partial charge in [-0.3, -0.25) is 0 Å². The van der Waals surface area contributed by atoms with E-state index in [9.17, 15) is 5.11 Å². The molecule has 0 amide bonds. The first-order chi connectivity index (χ1) is 7.86. The Balaban J connectivity index is 3.16. The quantitative estimate of drug-likeness (QED) is 0.792. The predicted molar refractivity (Wildman–Crippen MR) is 75.5 cm³/mol. The van der Waals surface area contributed by atoms with Crippen molar-refractivity contribution in [1.29, 1.82) is 0 Å². The number of aromatic hydroxyl groups is 1. The predicted octanol–water partition coefficient (Wildman–Crippen LogP) is 4.81. The summed E-state index contributed by atoms with van der Waals surface area (Å²) in [5.74, 6) is 0.408. The molecule has 17 heavy (non-hydrogen) atoms. The van der Waals surface area contributed by atoms with E-state index < -0.39 is 0 Å². The number of phenols is 1. The van der Waals surface area contributed by atoms with Gasteiger partial charge >= 0.3 is 0 Å². The Bertz CT molecular complexity index is 408. The number of phenolic OH excluding ortho intramolecular Hbond substituents is 1. The van der Waals surface area contributed by atoms with Crippen LogP contribution in [0, 0.1) is 6.92 Å². The van der Waals surface area contributed by atoms with Crippen LogP contribution in [0.1, 0.15) is 57.2 Å². The summed E-state index contributed by atoms with van der Waals surface area (Å²) in [4.78, 5) is 0. The Labute approximate surface area is 105 Å². The summed E-state index contributed by atoms with van der Waals surface area (Å²) in [7, 11) is 0. The van der Waals surface area contributed by atoms with E-state index in [0.717, 1.165) is 24.0 Å². The summed E-state index contributed by atoms with van der Waals surface area (Å²) in [6, 6.07) is 4.17. The van der Waals surface area contributed by atoms with Crippen LogP contribution in [-0.2, 0) is 5.41 Å². The number of hydrogen-bond donors (Lipinski definition) is 1. The molecule has 0 aliphatic carbocycles. The molecule has 0 fully saturated rings. The molecule has 0 atom stereocenters. The number of rotatable bonds is 3. The molecule has 0 aliphatic heterocycles. The van der Waals surface area contributed by atoms with E-state index in [-0.39, 0.29) is 5.41 Å². The van der Waals surface area contributed by atoms with Gasteiger partial charge in [-0.1, -0.05) is 52.3 Å². The van der Waals surface area contributed by atoms with Gasteiger partial charge in [0.1, 0.15) is 5.75 Å². The van der Waals surface area contributed by atoms with Crippen LogP contribution in [0.15, 0.2) is 18.2 Å². The molecule has 1 aromatic rings. The maximum atomic E-state index is 10.0. The van der Waals surface area contributed by atoms with E-state index in [1.165, 1.54) is 5.56 Å². The Hall–Kier alpha value is -1.24. The lowest BCUT2D eigenvalue weighted by molar-refractivity contribution is 0.468. The topological polar surface area (TPSA) is 20.2 Å². The van der Waals surface area contributed by atoms with E-state index in [1.807, 2.05) is 13.0 Å². The van der Waals surface area contributed by atoms with E-state index in [4.69, 9.17) is 0 Å². The highest BCUT2D eigenvalue weighted by molar-refractivity contribution is 5.61. The van der Waals surface area contributed by atoms with Crippen molar-refractivity contribution in [2.75, 3.05) is 0 Å². The van der Waals surface area contributed by atoms with Crippen LogP contribution in [0.3, 0.4) is 0 Å². The molecular weight excluding hydrogens is 208 g/mol. The van der Waals surface area contributed by atoms with Crippen LogP contribution in [0.25, 0.3) is 6.08 Å². The van der Waals surface area contributed by atoms with Crippen molar-refractivity contribution in [2.24, 2.45) is 0 Å². The molecule has 0 aliphatic rings. The Kier molecular flexibility index (Phi) is 4.39. The minimum absolute atomic E-state index is 0.117. The highest BCUT2D eigenvalue weighted by Crippen LogP contribution is 2.31. The standard InChI is InChI=1S/C16H24O/c1-6-7-8-9-13-11-14(16(3,4)5)10-12(2)15(13)17/h8-11,17H,6-7H2,1-5H3/b9-8-. The zero-order chi connectivity index (χ0) is 13.1. The lowest BCUT2D eigenvalue weighted by Crippen LogP contribution is -2.11. The highest BCUT2D eigenvalue weighted by Gasteiger charge is 2.16. The molecule has 0 saturated carbocycles. The maximum Gasteiger partial charge on any atom is 0.125 e. The largest absolute Gasteiger partial charge is 0.507 e. The molecule has 0 unspecified atom stereocenters. The molecule has 1 rings (SSSR count). The maximum absolute atomic E-state index is 10.0. The second-order valence-electron chi connectivity index (χ2n) is 5.67. The van der Waals surface area contributed by atoms with Gasteiger partial charge < -0.3 is 5.11 Å². The first-order valence-corrected chi connectivity index (χ1v) is 6.37. The zero-order valence-corrected chi connectivity index (χ0v) is 11.7. The molecular formula is C16H24O. The van der Waals surface area contributed by atoms with Gasteiger partial charge in [0, 0.05) is 5.56 Å². The van der Waals surface area contributed by atoms with Crippen LogP contribution in [-0.4, -0.2) is 5.11 Å². The molecule has 1 nitrogen and oxygen atoms in total. The number of benzene rings is 1. The minimum Gasteiger partial charge on any atom is -0.507 e. The van der Waals surface area contributed by atoms with Crippen molar-refractivity contribution >= 4 is 6.08 Å². The van der Waals surface area contributed by atoms with Gasteiger partial charge in [0.15, 0.2) is 0 Å². The van der Waals surface area contributed by atoms with Gasteiger partial charge in [0.2, 0.25) is 0 Å². The van der Waals surface area contributed by atoms with E-state index in [0.29, 0.717) is 5.75 Å². The highest BCUT2D eigenvalue weighted by atomic mass is 16.3. The van der Waals surface area contributed by atoms with Gasteiger partial charge in [-0.2, -0.15) is 0 Å². The van der Waals surface area contributed by atoms with Crippen LogP contribution in [0.4, 0.5) is 0 Å². The molecule has 1 aromatic carbocycles. The van der Waals surface area contributed by atoms with Gasteiger partial charge in [-0.05, 0) is 36.0 Å². The van der Waals surface area contributed by atoms with Gasteiger partial charge in [0.25, 0.3) is 0 Å². The monoisotopic (exact) mass is 232 g/mol. The molecule has 1 heteroatoms. The molecule has 0 bridgehead atoms. The second kappa shape index (κ2) is 5.39. The molecule has 0 radical (unpaired) electrons. The Morgan fingerprint density at radius 3 is 2.41 bits per heavy atom. The van der Waals surface area contributed by atoms with Crippen molar-refractivity contribution < 1.29 is 5.11 Å². The average Bonchev–Trinajstić information content (AvgIpc) is 2.22. The SMILES string of the molecule is CCC/C=C\c1cc(C(C)(C)C)cc(C)c1O. The number of aryl methyl sites for hydroxylation is 1. The van der Waals surface area contributed by atoms with Gasteiger partial charge in [-0.15, -0.1) is 0 Å². The van der Waals surface area contributed by atoms with E-state index in [2.05, 4.69) is 45.9 Å². The number of hydrogen-bond acceptors (Lipinski definition) is 1. The third-order valence-corrected chi connectivity index (χ3v) is 2.95. The van der Waals surface area contributed by atoms with Crippen molar-refractivity contribution in [3.8, 4) is 5.75 Å². The normalized spacial score (nSPS) is 12.3. The first kappa shape index (κ1) is 13.8. The van der Waals surface area contributed by atoms with Crippen molar-refractivity contribution in [3.05, 3.63) is 34.9 Å². The lowest BCUT2D eigenvalue weighted by Gasteiger charge is -2.21. The average molecular weight is 232 g/mol. The summed E-state index contributed by atoms with van der Waals surface area (Å²) >= 11 is 0. The van der Waals surface area contributed by atoms with Crippen LogP contribution in [0.2, 0.25) is 0 Å². The van der Waals surface area contributed by atoms with Crippen molar-refractivity contribution in [2.45, 2.75) is 52.9 Å². The molecule has 0 aromatic heterocycles. The zero-order valence-electron chi connectivity index (χ0n) is 11.7. The number of unbranched alkanes of at least 4 members (excludes halogenated alkanes) is 1. The molecule has 0 heterocycles. The summed E-state index contributed by atoms with van der Waals surface area (Å²) in [5, 5.41) is 10.0. The molecule has 94 valence electrons. The third kappa shape index (κ3) is 3.62. The fourth-order valence-corrected chi connectivity index (χ4v) is 1.74. The molecule has 0 saturated heterocycles. The van der Waals surface area contributed by atoms with Crippen LogP contribution >= 0.6 is 0 Å². The summed E-state index contributed by atoms with van der Waals surface area (Å²) in [6.07, 6.45) is 6.34. The number of allylic oxidation sites excluding steroid dienone is 1. The fourth-order valence-electron chi connectivity index (χ4n) is 1.74. The smallest absolute Gasteiger partial charge is 0.125 e. The Morgan fingerprint density at radius 1 is 1.24 bits per heavy atom. The van der Waals surface area contributed by atoms with Crippen molar-refractivity contribution in [3.63, 3.8) is 0 Å².